The Balaban J connectivity index is 1.47. The van der Waals surface area contributed by atoms with Crippen LogP contribution in [0.4, 0.5) is 0 Å². The Morgan fingerprint density at radius 1 is 0.969 bits per heavy atom. The number of hydrogen-bond donors (Lipinski definition) is 2. The summed E-state index contributed by atoms with van der Waals surface area (Å²) in [4.78, 5) is 12.8. The van der Waals surface area contributed by atoms with Crippen LogP contribution in [0.2, 0.25) is 5.02 Å². The topological polar surface area (TPSA) is 93.7 Å². The third kappa shape index (κ3) is 5.40. The molecule has 0 saturated carbocycles. The van der Waals surface area contributed by atoms with E-state index in [1.807, 2.05) is 6.07 Å². The zero-order valence-electron chi connectivity index (χ0n) is 17.0. The van der Waals surface area contributed by atoms with Crippen LogP contribution in [0.15, 0.2) is 77.7 Å². The van der Waals surface area contributed by atoms with E-state index in [2.05, 4.69) is 10.0 Å². The summed E-state index contributed by atoms with van der Waals surface area (Å²) in [6, 6.07) is 19.4. The molecule has 0 aromatic heterocycles. The maximum atomic E-state index is 12.9. The Hall–Kier alpha value is -3.07. The second-order valence-electron chi connectivity index (χ2n) is 7.21. The van der Waals surface area contributed by atoms with Gasteiger partial charge in [-0.1, -0.05) is 48.0 Å². The number of rotatable bonds is 8. The van der Waals surface area contributed by atoms with E-state index >= 15 is 0 Å². The fraction of sp³-hybridized carbons (Fsp3) is 0.174. The highest BCUT2D eigenvalue weighted by molar-refractivity contribution is 7.89. The monoisotopic (exact) mass is 472 g/mol. The summed E-state index contributed by atoms with van der Waals surface area (Å²) in [5, 5.41) is 3.35. The van der Waals surface area contributed by atoms with Gasteiger partial charge in [-0.3, -0.25) is 4.79 Å². The van der Waals surface area contributed by atoms with Crippen molar-refractivity contribution >= 4 is 27.5 Å². The molecule has 1 aliphatic rings. The normalized spacial score (nSPS) is 13.5. The fourth-order valence-corrected chi connectivity index (χ4v) is 4.66. The quantitative estimate of drug-likeness (QED) is 0.520. The van der Waals surface area contributed by atoms with Gasteiger partial charge in [0, 0.05) is 18.0 Å². The number of ether oxygens (including phenoxy) is 2. The summed E-state index contributed by atoms with van der Waals surface area (Å²) < 4.78 is 39.0. The van der Waals surface area contributed by atoms with Gasteiger partial charge in [-0.2, -0.15) is 0 Å². The molecule has 1 aliphatic heterocycles. The van der Waals surface area contributed by atoms with E-state index in [-0.39, 0.29) is 30.6 Å². The van der Waals surface area contributed by atoms with Crippen molar-refractivity contribution in [1.82, 2.24) is 10.0 Å². The Morgan fingerprint density at radius 2 is 1.69 bits per heavy atom. The Labute approximate surface area is 191 Å². The Kier molecular flexibility index (Phi) is 6.64. The third-order valence-corrected chi connectivity index (χ3v) is 6.68. The first-order chi connectivity index (χ1) is 15.4. The van der Waals surface area contributed by atoms with E-state index in [0.717, 1.165) is 5.56 Å². The number of carbonyl (C=O) groups excluding carboxylic acids is 1. The second-order valence-corrected chi connectivity index (χ2v) is 9.36. The number of nitrogens with one attached hydrogen (secondary N) is 2. The lowest BCUT2D eigenvalue weighted by Gasteiger charge is -2.19. The van der Waals surface area contributed by atoms with Gasteiger partial charge in [0.05, 0.1) is 10.9 Å². The largest absolute Gasteiger partial charge is 0.454 e. The van der Waals surface area contributed by atoms with Gasteiger partial charge in [0.2, 0.25) is 22.7 Å². The van der Waals surface area contributed by atoms with Crippen LogP contribution in [0, 0.1) is 0 Å². The molecule has 4 rings (SSSR count). The summed E-state index contributed by atoms with van der Waals surface area (Å²) in [6.45, 7) is 0.448. The molecule has 0 aliphatic carbocycles. The molecule has 0 bridgehead atoms. The van der Waals surface area contributed by atoms with E-state index in [9.17, 15) is 13.2 Å². The van der Waals surface area contributed by atoms with E-state index in [4.69, 9.17) is 21.1 Å². The van der Waals surface area contributed by atoms with Gasteiger partial charge in [0.15, 0.2) is 11.5 Å². The molecule has 9 heteroatoms. The molecule has 2 N–H and O–H groups in total. The highest BCUT2D eigenvalue weighted by atomic mass is 35.5. The van der Waals surface area contributed by atoms with Gasteiger partial charge in [-0.05, 0) is 47.5 Å². The molecule has 0 radical (unpaired) electrons. The number of halogens is 1. The second kappa shape index (κ2) is 9.60. The maximum Gasteiger partial charge on any atom is 0.241 e. The van der Waals surface area contributed by atoms with Crippen LogP contribution in [0.1, 0.15) is 23.6 Å². The van der Waals surface area contributed by atoms with Crippen molar-refractivity contribution in [3.05, 3.63) is 88.9 Å². The molecular weight excluding hydrogens is 452 g/mol. The molecule has 0 saturated heterocycles. The number of benzene rings is 3. The lowest BCUT2D eigenvalue weighted by molar-refractivity contribution is -0.121. The molecule has 1 unspecified atom stereocenters. The summed E-state index contributed by atoms with van der Waals surface area (Å²) in [6.07, 6.45) is -0.0851. The number of amides is 1. The van der Waals surface area contributed by atoms with E-state index in [1.165, 1.54) is 12.1 Å². The van der Waals surface area contributed by atoms with E-state index < -0.39 is 16.1 Å². The average molecular weight is 473 g/mol. The molecule has 7 nitrogen and oxygen atoms in total. The van der Waals surface area contributed by atoms with Crippen LogP contribution in [0.3, 0.4) is 0 Å². The van der Waals surface area contributed by atoms with Crippen molar-refractivity contribution in [3.63, 3.8) is 0 Å². The van der Waals surface area contributed by atoms with Crippen LogP contribution in [-0.4, -0.2) is 21.1 Å². The fourth-order valence-electron chi connectivity index (χ4n) is 3.29. The minimum Gasteiger partial charge on any atom is -0.454 e. The molecule has 3 aromatic carbocycles. The number of hydrogen-bond acceptors (Lipinski definition) is 5. The first-order valence-corrected chi connectivity index (χ1v) is 11.7. The summed E-state index contributed by atoms with van der Waals surface area (Å²) in [5.41, 5.74) is 1.47. The van der Waals surface area contributed by atoms with Gasteiger partial charge >= 0.3 is 0 Å². The number of sulfonamides is 1. The first kappa shape index (κ1) is 22.1. The molecular formula is C23H21ClN2O5S. The summed E-state index contributed by atoms with van der Waals surface area (Å²) in [7, 11) is -3.83. The maximum absolute atomic E-state index is 12.9. The molecule has 166 valence electrons. The van der Waals surface area contributed by atoms with Crippen molar-refractivity contribution < 1.29 is 22.7 Å². The zero-order chi connectivity index (χ0) is 22.6. The summed E-state index contributed by atoms with van der Waals surface area (Å²) in [5.74, 6) is 0.989. The Bertz CT molecular complexity index is 1200. The number of fused-ring (bicyclic) bond motifs is 1. The van der Waals surface area contributed by atoms with Gasteiger partial charge < -0.3 is 14.8 Å². The Morgan fingerprint density at radius 3 is 2.44 bits per heavy atom. The van der Waals surface area contributed by atoms with Crippen LogP contribution in [0.5, 0.6) is 11.5 Å². The number of carbonyl (C=O) groups is 1. The highest BCUT2D eigenvalue weighted by Gasteiger charge is 2.24. The summed E-state index contributed by atoms with van der Waals surface area (Å²) >= 11 is 5.97. The van der Waals surface area contributed by atoms with Crippen LogP contribution in [-0.2, 0) is 21.4 Å². The predicted octanol–water partition coefficient (Wildman–Crippen LogP) is 3.79. The third-order valence-electron chi connectivity index (χ3n) is 4.94. The standard InChI is InChI=1S/C23H21ClN2O5S/c24-18-9-7-17(8-10-18)20(26-32(28,29)19-4-2-1-3-5-19)13-23(27)25-14-16-6-11-21-22(12-16)31-15-30-21/h1-12,20,26H,13-15H2,(H,25,27). The lowest BCUT2D eigenvalue weighted by atomic mass is 10.0. The van der Waals surface area contributed by atoms with Crippen molar-refractivity contribution in [2.75, 3.05) is 6.79 Å². The SMILES string of the molecule is O=C(CC(NS(=O)(=O)c1ccccc1)c1ccc(Cl)cc1)NCc1ccc2c(c1)OCO2. The zero-order valence-corrected chi connectivity index (χ0v) is 18.5. The highest BCUT2D eigenvalue weighted by Crippen LogP contribution is 2.32. The van der Waals surface area contributed by atoms with Gasteiger partial charge in [-0.15, -0.1) is 0 Å². The average Bonchev–Trinajstić information content (AvgIpc) is 3.26. The van der Waals surface area contributed by atoms with Crippen molar-refractivity contribution in [2.45, 2.75) is 23.9 Å². The first-order valence-electron chi connectivity index (χ1n) is 9.89. The molecule has 1 amide bonds. The minimum absolute atomic E-state index is 0.0851. The van der Waals surface area contributed by atoms with Crippen molar-refractivity contribution in [2.24, 2.45) is 0 Å². The molecule has 1 atom stereocenters. The van der Waals surface area contributed by atoms with Gasteiger partial charge in [-0.25, -0.2) is 13.1 Å². The van der Waals surface area contributed by atoms with Crippen LogP contribution >= 0.6 is 11.6 Å². The van der Waals surface area contributed by atoms with Crippen LogP contribution in [0.25, 0.3) is 0 Å². The molecule has 1 heterocycles. The smallest absolute Gasteiger partial charge is 0.241 e. The molecule has 0 spiro atoms. The van der Waals surface area contributed by atoms with Crippen molar-refractivity contribution in [3.8, 4) is 11.5 Å². The van der Waals surface area contributed by atoms with E-state index in [1.54, 1.807) is 54.6 Å². The molecule has 32 heavy (non-hydrogen) atoms. The lowest BCUT2D eigenvalue weighted by Crippen LogP contribution is -2.33. The van der Waals surface area contributed by atoms with Crippen LogP contribution < -0.4 is 19.5 Å². The van der Waals surface area contributed by atoms with E-state index in [0.29, 0.717) is 22.1 Å². The van der Waals surface area contributed by atoms with Gasteiger partial charge in [0.25, 0.3) is 0 Å². The van der Waals surface area contributed by atoms with Gasteiger partial charge in [0.1, 0.15) is 0 Å². The molecule has 0 fully saturated rings. The minimum atomic E-state index is -3.83. The van der Waals surface area contributed by atoms with Crippen molar-refractivity contribution in [1.29, 1.82) is 0 Å². The predicted molar refractivity (Wildman–Crippen MR) is 120 cm³/mol. The molecule has 3 aromatic rings.